The summed E-state index contributed by atoms with van der Waals surface area (Å²) in [6, 6.07) is 15.4. The first kappa shape index (κ1) is 29.3. The monoisotopic (exact) mass is 625 g/mol. The molecule has 3 N–H and O–H groups in total. The number of halogens is 3. The topological polar surface area (TPSA) is 110 Å². The minimum Gasteiger partial charge on any atom is -0.381 e. The SMILES string of the molecule is Cn1cnc2ccc(-c3c(-c4ccc(F)cc4)nc(N)c4nc(C(=O)NCCN5CCN(c6ccc(F)cc6F)CC5)cn34)cc21. The van der Waals surface area contributed by atoms with E-state index in [9.17, 15) is 18.0 Å². The largest absolute Gasteiger partial charge is 0.381 e. The van der Waals surface area contributed by atoms with E-state index in [0.29, 0.717) is 67.6 Å². The number of nitrogens with one attached hydrogen (secondary N) is 1. The van der Waals surface area contributed by atoms with Crippen LogP contribution >= 0.6 is 0 Å². The molecule has 13 heteroatoms. The van der Waals surface area contributed by atoms with E-state index >= 15 is 0 Å². The summed E-state index contributed by atoms with van der Waals surface area (Å²) in [4.78, 5) is 31.0. The van der Waals surface area contributed by atoms with E-state index in [1.54, 1.807) is 29.1 Å². The zero-order chi connectivity index (χ0) is 31.9. The number of nitrogens with two attached hydrogens (primary N) is 1. The second kappa shape index (κ2) is 11.8. The summed E-state index contributed by atoms with van der Waals surface area (Å²) < 4.78 is 45.0. The molecule has 0 unspecified atom stereocenters. The van der Waals surface area contributed by atoms with Crippen molar-refractivity contribution in [1.82, 2.24) is 34.1 Å². The number of aromatic nitrogens is 5. The molecule has 0 radical (unpaired) electrons. The van der Waals surface area contributed by atoms with E-state index in [4.69, 9.17) is 5.73 Å². The highest BCUT2D eigenvalue weighted by atomic mass is 19.1. The molecule has 3 aromatic heterocycles. The second-order valence-electron chi connectivity index (χ2n) is 11.3. The van der Waals surface area contributed by atoms with Crippen LogP contribution < -0.4 is 16.0 Å². The Balaban J connectivity index is 1.12. The van der Waals surface area contributed by atoms with Crippen LogP contribution in [-0.4, -0.2) is 74.0 Å². The minimum atomic E-state index is -0.601. The van der Waals surface area contributed by atoms with Gasteiger partial charge in [-0.25, -0.2) is 28.1 Å². The lowest BCUT2D eigenvalue weighted by Gasteiger charge is -2.36. The van der Waals surface area contributed by atoms with E-state index in [1.165, 1.54) is 24.3 Å². The fourth-order valence-electron chi connectivity index (χ4n) is 5.90. The van der Waals surface area contributed by atoms with Gasteiger partial charge in [0.05, 0.1) is 34.4 Å². The smallest absolute Gasteiger partial charge is 0.271 e. The molecule has 0 aliphatic carbocycles. The number of rotatable bonds is 7. The van der Waals surface area contributed by atoms with E-state index in [2.05, 4.69) is 25.2 Å². The Morgan fingerprint density at radius 1 is 0.913 bits per heavy atom. The molecule has 1 saturated heterocycles. The number of benzene rings is 3. The van der Waals surface area contributed by atoms with Gasteiger partial charge in [-0.05, 0) is 48.5 Å². The molecule has 1 aliphatic rings. The first-order valence-electron chi connectivity index (χ1n) is 14.8. The van der Waals surface area contributed by atoms with Gasteiger partial charge in [0.25, 0.3) is 5.91 Å². The average molecular weight is 626 g/mol. The van der Waals surface area contributed by atoms with Crippen molar-refractivity contribution in [2.75, 3.05) is 49.9 Å². The maximum atomic E-state index is 14.2. The third kappa shape index (κ3) is 5.49. The lowest BCUT2D eigenvalue weighted by molar-refractivity contribution is 0.0943. The predicted octanol–water partition coefficient (Wildman–Crippen LogP) is 4.50. The number of hydrogen-bond acceptors (Lipinski definition) is 7. The number of fused-ring (bicyclic) bond motifs is 2. The number of aryl methyl sites for hydroxylation is 1. The van der Waals surface area contributed by atoms with Crippen molar-refractivity contribution in [1.29, 1.82) is 0 Å². The molecule has 0 bridgehead atoms. The number of carbonyl (C=O) groups is 1. The first-order chi connectivity index (χ1) is 22.2. The van der Waals surface area contributed by atoms with Crippen molar-refractivity contribution in [3.63, 3.8) is 0 Å². The fraction of sp³-hybridized carbons (Fsp3) is 0.212. The Bertz CT molecular complexity index is 2080. The number of nitrogen functional groups attached to an aromatic ring is 1. The van der Waals surface area contributed by atoms with Gasteiger partial charge in [-0.1, -0.05) is 6.07 Å². The van der Waals surface area contributed by atoms with Crippen LogP contribution in [0.5, 0.6) is 0 Å². The van der Waals surface area contributed by atoms with E-state index < -0.39 is 11.6 Å². The highest BCUT2D eigenvalue weighted by molar-refractivity contribution is 5.95. The summed E-state index contributed by atoms with van der Waals surface area (Å²) in [7, 11) is 1.90. The van der Waals surface area contributed by atoms with Crippen LogP contribution in [0.1, 0.15) is 10.5 Å². The summed E-state index contributed by atoms with van der Waals surface area (Å²) in [6.45, 7) is 3.46. The van der Waals surface area contributed by atoms with Gasteiger partial charge < -0.3 is 20.5 Å². The Morgan fingerprint density at radius 3 is 2.41 bits per heavy atom. The number of imidazole rings is 2. The Labute approximate surface area is 261 Å². The Morgan fingerprint density at radius 2 is 1.65 bits per heavy atom. The van der Waals surface area contributed by atoms with Crippen molar-refractivity contribution < 1.29 is 18.0 Å². The van der Waals surface area contributed by atoms with Crippen molar-refractivity contribution in [2.24, 2.45) is 7.05 Å². The predicted molar refractivity (Wildman–Crippen MR) is 170 cm³/mol. The average Bonchev–Trinajstić information content (AvgIpc) is 3.66. The summed E-state index contributed by atoms with van der Waals surface area (Å²) in [6.07, 6.45) is 3.37. The van der Waals surface area contributed by atoms with Gasteiger partial charge in [-0.15, -0.1) is 0 Å². The molecular weight excluding hydrogens is 595 g/mol. The maximum Gasteiger partial charge on any atom is 0.271 e. The van der Waals surface area contributed by atoms with Crippen LogP contribution in [0.4, 0.5) is 24.7 Å². The zero-order valence-electron chi connectivity index (χ0n) is 24.9. The van der Waals surface area contributed by atoms with Crippen LogP contribution in [-0.2, 0) is 7.05 Å². The lowest BCUT2D eigenvalue weighted by Crippen LogP contribution is -2.48. The highest BCUT2D eigenvalue weighted by Gasteiger charge is 2.23. The Hall–Kier alpha value is -5.43. The molecule has 7 rings (SSSR count). The Kier molecular flexibility index (Phi) is 7.53. The number of amides is 1. The lowest BCUT2D eigenvalue weighted by atomic mass is 10.0. The highest BCUT2D eigenvalue weighted by Crippen LogP contribution is 2.35. The fourth-order valence-corrected chi connectivity index (χ4v) is 5.90. The van der Waals surface area contributed by atoms with E-state index in [-0.39, 0.29) is 23.2 Å². The van der Waals surface area contributed by atoms with Crippen LogP contribution in [0.2, 0.25) is 0 Å². The standard InChI is InChI=1S/C33H30F3N9O/c1-42-19-39-25-8-4-21(16-28(25)42)30-29(20-2-5-22(34)6-3-20)41-31(37)32-40-26(18-45(30)32)33(46)38-10-11-43-12-14-44(15-13-43)27-9-7-23(35)17-24(27)36/h2-9,16-19H,10-15H2,1H3,(H2,37,41)(H,38,46). The van der Waals surface area contributed by atoms with Gasteiger partial charge in [0.2, 0.25) is 0 Å². The first-order valence-corrected chi connectivity index (χ1v) is 14.8. The van der Waals surface area contributed by atoms with Gasteiger partial charge in [0.15, 0.2) is 11.5 Å². The van der Waals surface area contributed by atoms with E-state index in [1.807, 2.05) is 34.7 Å². The molecule has 1 amide bonds. The summed E-state index contributed by atoms with van der Waals surface area (Å²) in [5.74, 6) is -1.79. The summed E-state index contributed by atoms with van der Waals surface area (Å²) in [5, 5.41) is 2.94. The molecule has 46 heavy (non-hydrogen) atoms. The molecule has 0 saturated carbocycles. The molecule has 6 aromatic rings. The molecule has 3 aromatic carbocycles. The summed E-state index contributed by atoms with van der Waals surface area (Å²) in [5.41, 5.74) is 11.6. The molecule has 10 nitrogen and oxygen atoms in total. The second-order valence-corrected chi connectivity index (χ2v) is 11.3. The zero-order valence-corrected chi connectivity index (χ0v) is 24.9. The minimum absolute atomic E-state index is 0.124. The quantitative estimate of drug-likeness (QED) is 0.269. The normalized spacial score (nSPS) is 14.0. The molecule has 4 heterocycles. The molecule has 1 aliphatic heterocycles. The third-order valence-electron chi connectivity index (χ3n) is 8.32. The van der Waals surface area contributed by atoms with Gasteiger partial charge in [0, 0.05) is 69.7 Å². The maximum absolute atomic E-state index is 14.2. The number of piperazine rings is 1. The van der Waals surface area contributed by atoms with Gasteiger partial charge in [-0.3, -0.25) is 14.1 Å². The summed E-state index contributed by atoms with van der Waals surface area (Å²) >= 11 is 0. The van der Waals surface area contributed by atoms with Crippen molar-refractivity contribution in [3.05, 3.63) is 96.3 Å². The number of carbonyl (C=O) groups excluding carboxylic acids is 1. The number of nitrogens with zero attached hydrogens (tertiary/aromatic N) is 7. The molecular formula is C33H30F3N9O. The van der Waals surface area contributed by atoms with Crippen molar-refractivity contribution in [2.45, 2.75) is 0 Å². The number of anilines is 2. The van der Waals surface area contributed by atoms with Gasteiger partial charge in [-0.2, -0.15) is 0 Å². The number of hydrogen-bond donors (Lipinski definition) is 2. The van der Waals surface area contributed by atoms with Crippen molar-refractivity contribution >= 4 is 34.1 Å². The van der Waals surface area contributed by atoms with Crippen LogP contribution in [0.25, 0.3) is 39.2 Å². The van der Waals surface area contributed by atoms with Crippen LogP contribution in [0.15, 0.2) is 73.2 Å². The molecule has 0 spiro atoms. The van der Waals surface area contributed by atoms with Gasteiger partial charge >= 0.3 is 0 Å². The molecule has 0 atom stereocenters. The van der Waals surface area contributed by atoms with E-state index in [0.717, 1.165) is 22.7 Å². The van der Waals surface area contributed by atoms with Crippen LogP contribution in [0.3, 0.4) is 0 Å². The molecule has 1 fully saturated rings. The molecule has 234 valence electrons. The third-order valence-corrected chi connectivity index (χ3v) is 8.32. The van der Waals surface area contributed by atoms with Crippen LogP contribution in [0, 0.1) is 17.5 Å². The van der Waals surface area contributed by atoms with Gasteiger partial charge in [0.1, 0.15) is 23.1 Å². The van der Waals surface area contributed by atoms with Crippen molar-refractivity contribution in [3.8, 4) is 22.5 Å².